The second kappa shape index (κ2) is 5.66. The van der Waals surface area contributed by atoms with Gasteiger partial charge in [0, 0.05) is 17.8 Å². The number of hydrogen-bond donors (Lipinski definition) is 1. The van der Waals surface area contributed by atoms with Crippen LogP contribution >= 0.6 is 0 Å². The standard InChI is InChI=1S/C21H16N4/c1-14-3-2-4-16(7-14)18-10-21(23,25-13-18)19-5-6-20-17(9-19)8-15(11-22)12-24-20/h2-10,12-13H,23H2,1H3. The van der Waals surface area contributed by atoms with Crippen LogP contribution < -0.4 is 5.73 Å². The molecule has 0 bridgehead atoms. The van der Waals surface area contributed by atoms with E-state index in [9.17, 15) is 0 Å². The Balaban J connectivity index is 1.78. The minimum Gasteiger partial charge on any atom is -0.300 e. The molecule has 0 radical (unpaired) electrons. The Labute approximate surface area is 146 Å². The highest BCUT2D eigenvalue weighted by Gasteiger charge is 2.28. The summed E-state index contributed by atoms with van der Waals surface area (Å²) in [6.45, 7) is 2.06. The zero-order chi connectivity index (χ0) is 17.4. The molecule has 0 aliphatic carbocycles. The van der Waals surface area contributed by atoms with Crippen molar-refractivity contribution in [2.75, 3.05) is 0 Å². The van der Waals surface area contributed by atoms with Gasteiger partial charge >= 0.3 is 0 Å². The molecule has 0 saturated heterocycles. The van der Waals surface area contributed by atoms with E-state index in [4.69, 9.17) is 11.0 Å². The zero-order valence-corrected chi connectivity index (χ0v) is 13.8. The third-order valence-corrected chi connectivity index (χ3v) is 4.42. The average Bonchev–Trinajstić information content (AvgIpc) is 3.04. The van der Waals surface area contributed by atoms with Gasteiger partial charge in [0.1, 0.15) is 6.07 Å². The number of aryl methyl sites for hydroxylation is 1. The molecule has 4 heteroatoms. The van der Waals surface area contributed by atoms with Crippen molar-refractivity contribution < 1.29 is 0 Å². The molecule has 1 aromatic heterocycles. The first-order chi connectivity index (χ1) is 12.1. The first-order valence-corrected chi connectivity index (χ1v) is 8.02. The van der Waals surface area contributed by atoms with Crippen LogP contribution in [-0.2, 0) is 5.66 Å². The summed E-state index contributed by atoms with van der Waals surface area (Å²) in [6, 6.07) is 18.0. The second-order valence-corrected chi connectivity index (χ2v) is 6.30. The normalized spacial score (nSPS) is 19.0. The predicted molar refractivity (Wildman–Crippen MR) is 100.0 cm³/mol. The molecule has 1 unspecified atom stereocenters. The molecule has 2 heterocycles. The molecule has 0 amide bonds. The SMILES string of the molecule is Cc1cccc(C2=CC(N)(c3ccc4ncc(C#N)cc4c3)N=C2)c1. The highest BCUT2D eigenvalue weighted by Crippen LogP contribution is 2.32. The van der Waals surface area contributed by atoms with E-state index in [0.717, 1.165) is 27.6 Å². The molecule has 2 N–H and O–H groups in total. The van der Waals surface area contributed by atoms with Gasteiger partial charge in [0.2, 0.25) is 0 Å². The number of nitrogens with two attached hydrogens (primary N) is 1. The molecule has 4 rings (SSSR count). The maximum Gasteiger partial charge on any atom is 0.153 e. The van der Waals surface area contributed by atoms with E-state index >= 15 is 0 Å². The van der Waals surface area contributed by atoms with Crippen molar-refractivity contribution in [3.05, 3.63) is 83.1 Å². The maximum atomic E-state index is 9.06. The van der Waals surface area contributed by atoms with Gasteiger partial charge in [-0.2, -0.15) is 5.26 Å². The molecule has 0 spiro atoms. The lowest BCUT2D eigenvalue weighted by atomic mass is 9.96. The number of aliphatic imine (C=N–C) groups is 1. The molecule has 1 atom stereocenters. The van der Waals surface area contributed by atoms with E-state index in [1.54, 1.807) is 6.20 Å². The number of rotatable bonds is 2. The highest BCUT2D eigenvalue weighted by molar-refractivity contribution is 6.12. The van der Waals surface area contributed by atoms with Crippen molar-refractivity contribution in [3.8, 4) is 6.07 Å². The molecule has 0 fully saturated rings. The lowest BCUT2D eigenvalue weighted by molar-refractivity contribution is 0.611. The van der Waals surface area contributed by atoms with Crippen LogP contribution in [0.3, 0.4) is 0 Å². The van der Waals surface area contributed by atoms with Gasteiger partial charge in [-0.3, -0.25) is 9.98 Å². The predicted octanol–water partition coefficient (Wildman–Crippen LogP) is 3.69. The van der Waals surface area contributed by atoms with Crippen molar-refractivity contribution in [2.24, 2.45) is 10.7 Å². The van der Waals surface area contributed by atoms with E-state index in [2.05, 4.69) is 41.2 Å². The van der Waals surface area contributed by atoms with E-state index < -0.39 is 5.66 Å². The Bertz CT molecular complexity index is 1090. The van der Waals surface area contributed by atoms with Gasteiger partial charge in [-0.05, 0) is 47.9 Å². The summed E-state index contributed by atoms with van der Waals surface area (Å²) in [6.07, 6.45) is 5.37. The second-order valence-electron chi connectivity index (χ2n) is 6.30. The lowest BCUT2D eigenvalue weighted by Crippen LogP contribution is -2.30. The first kappa shape index (κ1) is 15.3. The number of pyridine rings is 1. The molecule has 120 valence electrons. The summed E-state index contributed by atoms with van der Waals surface area (Å²) in [5.41, 5.74) is 11.2. The lowest BCUT2D eigenvalue weighted by Gasteiger charge is -2.19. The summed E-state index contributed by atoms with van der Waals surface area (Å²) in [4.78, 5) is 8.85. The van der Waals surface area contributed by atoms with E-state index in [1.807, 2.05) is 42.6 Å². The van der Waals surface area contributed by atoms with Crippen molar-refractivity contribution in [1.82, 2.24) is 4.98 Å². The molecule has 2 aromatic carbocycles. The smallest absolute Gasteiger partial charge is 0.153 e. The summed E-state index contributed by atoms with van der Waals surface area (Å²) in [5, 5.41) is 9.95. The fraction of sp³-hybridized carbons (Fsp3) is 0.0952. The maximum absolute atomic E-state index is 9.06. The number of allylic oxidation sites excluding steroid dienone is 1. The largest absolute Gasteiger partial charge is 0.300 e. The summed E-state index contributed by atoms with van der Waals surface area (Å²) in [7, 11) is 0. The van der Waals surface area contributed by atoms with Crippen LogP contribution in [0.4, 0.5) is 0 Å². The number of fused-ring (bicyclic) bond motifs is 1. The summed E-state index contributed by atoms with van der Waals surface area (Å²) < 4.78 is 0. The van der Waals surface area contributed by atoms with Gasteiger partial charge in [-0.25, -0.2) is 0 Å². The number of nitrogens with zero attached hydrogens (tertiary/aromatic N) is 3. The van der Waals surface area contributed by atoms with Gasteiger partial charge < -0.3 is 5.73 Å². The van der Waals surface area contributed by atoms with Gasteiger partial charge in [-0.15, -0.1) is 0 Å². The van der Waals surface area contributed by atoms with Crippen LogP contribution in [0, 0.1) is 18.3 Å². The van der Waals surface area contributed by atoms with Crippen LogP contribution in [0.5, 0.6) is 0 Å². The third kappa shape index (κ3) is 2.71. The number of aromatic nitrogens is 1. The Kier molecular flexibility index (Phi) is 3.45. The molecule has 4 nitrogen and oxygen atoms in total. The number of nitriles is 1. The summed E-state index contributed by atoms with van der Waals surface area (Å²) in [5.74, 6) is 0. The van der Waals surface area contributed by atoms with E-state index in [1.165, 1.54) is 5.56 Å². The van der Waals surface area contributed by atoms with E-state index in [0.29, 0.717) is 5.56 Å². The molecular formula is C21H16N4. The first-order valence-electron chi connectivity index (χ1n) is 8.02. The minimum absolute atomic E-state index is 0.529. The Hall–Kier alpha value is -3.29. The monoisotopic (exact) mass is 324 g/mol. The van der Waals surface area contributed by atoms with Gasteiger partial charge in [-0.1, -0.05) is 35.9 Å². The van der Waals surface area contributed by atoms with Crippen LogP contribution in [-0.4, -0.2) is 11.2 Å². The number of hydrogen-bond acceptors (Lipinski definition) is 4. The van der Waals surface area contributed by atoms with Crippen LogP contribution in [0.15, 0.2) is 65.8 Å². The minimum atomic E-state index is -0.907. The topological polar surface area (TPSA) is 75.1 Å². The summed E-state index contributed by atoms with van der Waals surface area (Å²) >= 11 is 0. The Morgan fingerprint density at radius 2 is 2.00 bits per heavy atom. The van der Waals surface area contributed by atoms with Crippen LogP contribution in [0.1, 0.15) is 22.3 Å². The molecule has 0 saturated carbocycles. The molecule has 3 aromatic rings. The molecule has 1 aliphatic rings. The van der Waals surface area contributed by atoms with Crippen molar-refractivity contribution in [1.29, 1.82) is 5.26 Å². The van der Waals surface area contributed by atoms with Gasteiger partial charge in [0.15, 0.2) is 5.66 Å². The van der Waals surface area contributed by atoms with Gasteiger partial charge in [0.05, 0.1) is 11.1 Å². The highest BCUT2D eigenvalue weighted by atomic mass is 15.0. The fourth-order valence-corrected chi connectivity index (χ4v) is 3.07. The zero-order valence-electron chi connectivity index (χ0n) is 13.8. The molecular weight excluding hydrogens is 308 g/mol. The van der Waals surface area contributed by atoms with Crippen molar-refractivity contribution in [2.45, 2.75) is 12.6 Å². The van der Waals surface area contributed by atoms with Crippen LogP contribution in [0.2, 0.25) is 0 Å². The van der Waals surface area contributed by atoms with Crippen molar-refractivity contribution >= 4 is 22.7 Å². The van der Waals surface area contributed by atoms with Crippen molar-refractivity contribution in [3.63, 3.8) is 0 Å². The Morgan fingerprint density at radius 1 is 1.12 bits per heavy atom. The third-order valence-electron chi connectivity index (χ3n) is 4.42. The number of benzene rings is 2. The molecule has 1 aliphatic heterocycles. The quantitative estimate of drug-likeness (QED) is 0.781. The van der Waals surface area contributed by atoms with E-state index in [-0.39, 0.29) is 0 Å². The Morgan fingerprint density at radius 3 is 2.80 bits per heavy atom. The molecule has 25 heavy (non-hydrogen) atoms. The van der Waals surface area contributed by atoms with Crippen LogP contribution in [0.25, 0.3) is 16.5 Å². The van der Waals surface area contributed by atoms with Gasteiger partial charge in [0.25, 0.3) is 0 Å². The fourth-order valence-electron chi connectivity index (χ4n) is 3.07. The average molecular weight is 324 g/mol.